The first-order chi connectivity index (χ1) is 8.51. The van der Waals surface area contributed by atoms with E-state index >= 15 is 0 Å². The van der Waals surface area contributed by atoms with Gasteiger partial charge in [0, 0.05) is 13.1 Å². The van der Waals surface area contributed by atoms with E-state index in [0.29, 0.717) is 18.7 Å². The van der Waals surface area contributed by atoms with Gasteiger partial charge in [0.15, 0.2) is 0 Å². The molecule has 0 saturated carbocycles. The Morgan fingerprint density at radius 3 is 2.17 bits per heavy atom. The molecule has 102 valence electrons. The van der Waals surface area contributed by atoms with E-state index in [1.807, 2.05) is 20.8 Å². The number of aliphatic hydroxyl groups is 1. The molecule has 0 heterocycles. The van der Waals surface area contributed by atoms with Crippen LogP contribution in [0.3, 0.4) is 0 Å². The monoisotopic (exact) mass is 271 g/mol. The lowest BCUT2D eigenvalue weighted by molar-refractivity contribution is 0.280. The third-order valence-corrected chi connectivity index (χ3v) is 5.12. The maximum atomic E-state index is 12.3. The molecule has 18 heavy (non-hydrogen) atoms. The van der Waals surface area contributed by atoms with E-state index in [9.17, 15) is 13.5 Å². The van der Waals surface area contributed by atoms with Crippen molar-refractivity contribution in [3.63, 3.8) is 0 Å². The van der Waals surface area contributed by atoms with Crippen molar-refractivity contribution in [3.8, 4) is 0 Å². The first kappa shape index (κ1) is 15.1. The van der Waals surface area contributed by atoms with Gasteiger partial charge in [0.2, 0.25) is 10.0 Å². The molecule has 0 aliphatic carbocycles. The lowest BCUT2D eigenvalue weighted by Crippen LogP contribution is -2.30. The van der Waals surface area contributed by atoms with Gasteiger partial charge in [-0.05, 0) is 29.7 Å². The summed E-state index contributed by atoms with van der Waals surface area (Å²) in [5, 5.41) is 9.28. The molecule has 0 spiro atoms. The number of aliphatic hydroxyl groups excluding tert-OH is 1. The Bertz CT molecular complexity index is 493. The second kappa shape index (κ2) is 6.31. The minimum Gasteiger partial charge on any atom is -0.392 e. The van der Waals surface area contributed by atoms with Crippen LogP contribution in [0.4, 0.5) is 0 Å². The topological polar surface area (TPSA) is 57.6 Å². The summed E-state index contributed by atoms with van der Waals surface area (Å²) < 4.78 is 26.0. The van der Waals surface area contributed by atoms with Crippen molar-refractivity contribution in [3.05, 3.63) is 29.3 Å². The molecule has 0 aliphatic heterocycles. The maximum absolute atomic E-state index is 12.3. The van der Waals surface area contributed by atoms with Crippen molar-refractivity contribution < 1.29 is 13.5 Å². The fourth-order valence-corrected chi connectivity index (χ4v) is 3.48. The molecule has 0 atom stereocenters. The van der Waals surface area contributed by atoms with Crippen LogP contribution in [0.2, 0.25) is 0 Å². The second-order valence-corrected chi connectivity index (χ2v) is 5.97. The highest BCUT2D eigenvalue weighted by Gasteiger charge is 2.22. The summed E-state index contributed by atoms with van der Waals surface area (Å²) in [5.74, 6) is 0. The molecule has 5 heteroatoms. The summed E-state index contributed by atoms with van der Waals surface area (Å²) in [6.07, 6.45) is 0.779. The summed E-state index contributed by atoms with van der Waals surface area (Å²) >= 11 is 0. The third kappa shape index (κ3) is 2.91. The average Bonchev–Trinajstić information content (AvgIpc) is 2.38. The fourth-order valence-electron chi connectivity index (χ4n) is 1.97. The van der Waals surface area contributed by atoms with Gasteiger partial charge in [-0.15, -0.1) is 0 Å². The van der Waals surface area contributed by atoms with Crippen LogP contribution in [0.25, 0.3) is 0 Å². The molecular formula is C13H21NO3S. The van der Waals surface area contributed by atoms with Gasteiger partial charge in [0.05, 0.1) is 11.5 Å². The van der Waals surface area contributed by atoms with E-state index in [1.165, 1.54) is 4.31 Å². The number of hydrogen-bond donors (Lipinski definition) is 1. The molecule has 4 nitrogen and oxygen atoms in total. The number of nitrogens with zero attached hydrogens (tertiary/aromatic N) is 1. The number of hydrogen-bond acceptors (Lipinski definition) is 3. The molecule has 0 aliphatic rings. The Morgan fingerprint density at radius 2 is 1.72 bits per heavy atom. The standard InChI is InChI=1S/C13H21NO3S/c1-4-11-7-8-13(9-12(11)10-15)18(16,17)14(5-2)6-3/h7-9,15H,4-6,10H2,1-3H3. The molecule has 0 unspecified atom stereocenters. The Kier molecular flexibility index (Phi) is 5.31. The van der Waals surface area contributed by atoms with E-state index in [0.717, 1.165) is 12.0 Å². The predicted molar refractivity (Wildman–Crippen MR) is 71.8 cm³/mol. The van der Waals surface area contributed by atoms with Gasteiger partial charge in [-0.1, -0.05) is 26.8 Å². The number of aryl methyl sites for hydroxylation is 1. The van der Waals surface area contributed by atoms with Gasteiger partial charge in [0.1, 0.15) is 0 Å². The summed E-state index contributed by atoms with van der Waals surface area (Å²) in [4.78, 5) is 0.257. The fraction of sp³-hybridized carbons (Fsp3) is 0.538. The van der Waals surface area contributed by atoms with E-state index in [-0.39, 0.29) is 11.5 Å². The normalized spacial score (nSPS) is 12.1. The van der Waals surface area contributed by atoms with Gasteiger partial charge in [-0.3, -0.25) is 0 Å². The highest BCUT2D eigenvalue weighted by molar-refractivity contribution is 7.89. The zero-order valence-electron chi connectivity index (χ0n) is 11.2. The van der Waals surface area contributed by atoms with E-state index in [1.54, 1.807) is 18.2 Å². The van der Waals surface area contributed by atoms with Crippen LogP contribution in [0, 0.1) is 0 Å². The zero-order chi connectivity index (χ0) is 13.8. The third-order valence-electron chi connectivity index (χ3n) is 3.07. The van der Waals surface area contributed by atoms with Gasteiger partial charge < -0.3 is 5.11 Å². The van der Waals surface area contributed by atoms with Gasteiger partial charge >= 0.3 is 0 Å². The zero-order valence-corrected chi connectivity index (χ0v) is 12.0. The van der Waals surface area contributed by atoms with Crippen LogP contribution in [0.1, 0.15) is 31.9 Å². The highest BCUT2D eigenvalue weighted by atomic mass is 32.2. The molecule has 1 rings (SSSR count). The van der Waals surface area contributed by atoms with E-state index in [2.05, 4.69) is 0 Å². The first-order valence-electron chi connectivity index (χ1n) is 6.24. The Labute approximate surface area is 109 Å². The van der Waals surface area contributed by atoms with Gasteiger partial charge in [0.25, 0.3) is 0 Å². The number of sulfonamides is 1. The lowest BCUT2D eigenvalue weighted by atomic mass is 10.1. The van der Waals surface area contributed by atoms with E-state index in [4.69, 9.17) is 0 Å². The van der Waals surface area contributed by atoms with Crippen molar-refractivity contribution in [2.75, 3.05) is 13.1 Å². The summed E-state index contributed by atoms with van der Waals surface area (Å²) in [6.45, 7) is 6.37. The minimum atomic E-state index is -3.44. The largest absolute Gasteiger partial charge is 0.392 e. The second-order valence-electron chi connectivity index (χ2n) is 4.03. The lowest BCUT2D eigenvalue weighted by Gasteiger charge is -2.19. The van der Waals surface area contributed by atoms with Crippen LogP contribution in [0.5, 0.6) is 0 Å². The summed E-state index contributed by atoms with van der Waals surface area (Å²) in [7, 11) is -3.44. The smallest absolute Gasteiger partial charge is 0.243 e. The Balaban J connectivity index is 3.25. The number of benzene rings is 1. The van der Waals surface area contributed by atoms with Crippen molar-refractivity contribution in [1.29, 1.82) is 0 Å². The molecule has 0 fully saturated rings. The van der Waals surface area contributed by atoms with Crippen LogP contribution in [-0.4, -0.2) is 30.9 Å². The van der Waals surface area contributed by atoms with Crippen molar-refractivity contribution >= 4 is 10.0 Å². The maximum Gasteiger partial charge on any atom is 0.243 e. The number of rotatable bonds is 6. The predicted octanol–water partition coefficient (Wildman–Crippen LogP) is 1.77. The summed E-state index contributed by atoms with van der Waals surface area (Å²) in [5.41, 5.74) is 1.67. The molecule has 1 aromatic carbocycles. The summed E-state index contributed by atoms with van der Waals surface area (Å²) in [6, 6.07) is 4.97. The quantitative estimate of drug-likeness (QED) is 0.858. The SMILES string of the molecule is CCc1ccc(S(=O)(=O)N(CC)CC)cc1CO. The van der Waals surface area contributed by atoms with Crippen LogP contribution in [-0.2, 0) is 23.1 Å². The molecule has 0 amide bonds. The molecule has 0 aromatic heterocycles. The Morgan fingerprint density at radius 1 is 1.11 bits per heavy atom. The Hall–Kier alpha value is -0.910. The first-order valence-corrected chi connectivity index (χ1v) is 7.68. The van der Waals surface area contributed by atoms with E-state index < -0.39 is 10.0 Å². The van der Waals surface area contributed by atoms with Crippen molar-refractivity contribution in [2.45, 2.75) is 38.7 Å². The molecule has 1 N–H and O–H groups in total. The van der Waals surface area contributed by atoms with Crippen LogP contribution >= 0.6 is 0 Å². The van der Waals surface area contributed by atoms with Crippen LogP contribution < -0.4 is 0 Å². The van der Waals surface area contributed by atoms with Gasteiger partial charge in [-0.2, -0.15) is 4.31 Å². The van der Waals surface area contributed by atoms with Crippen molar-refractivity contribution in [2.24, 2.45) is 0 Å². The van der Waals surface area contributed by atoms with Gasteiger partial charge in [-0.25, -0.2) is 8.42 Å². The van der Waals surface area contributed by atoms with Crippen LogP contribution in [0.15, 0.2) is 23.1 Å². The molecule has 0 saturated heterocycles. The molecular weight excluding hydrogens is 250 g/mol. The average molecular weight is 271 g/mol. The highest BCUT2D eigenvalue weighted by Crippen LogP contribution is 2.20. The molecule has 0 radical (unpaired) electrons. The van der Waals surface area contributed by atoms with Crippen molar-refractivity contribution in [1.82, 2.24) is 4.31 Å². The molecule has 0 bridgehead atoms. The minimum absolute atomic E-state index is 0.134. The molecule has 1 aromatic rings.